The minimum absolute atomic E-state index is 0.0398. The third-order valence-corrected chi connectivity index (χ3v) is 12.5. The molecule has 7 N–H and O–H groups in total. The number of benzene rings is 3. The number of nitrogens with zero attached hydrogens (tertiary/aromatic N) is 1. The van der Waals surface area contributed by atoms with Crippen LogP contribution in [0.4, 0.5) is 0 Å². The van der Waals surface area contributed by atoms with Gasteiger partial charge in [0.25, 0.3) is 0 Å². The smallest absolute Gasteiger partial charge is 0.185 e. The Morgan fingerprint density at radius 3 is 2.57 bits per heavy atom. The molecule has 2 saturated carbocycles. The van der Waals surface area contributed by atoms with Crippen LogP contribution in [0.25, 0.3) is 11.1 Å². The van der Waals surface area contributed by atoms with Crippen molar-refractivity contribution in [3.05, 3.63) is 64.2 Å². The van der Waals surface area contributed by atoms with Gasteiger partial charge in [-0.2, -0.15) is 0 Å². The third kappa shape index (κ3) is 7.51. The number of aromatic hydroxyl groups is 2. The summed E-state index contributed by atoms with van der Waals surface area (Å²) in [5.74, 6) is 4.09. The molecule has 286 valence electrons. The summed E-state index contributed by atoms with van der Waals surface area (Å²) in [6.07, 6.45) is 10.3. The molecule has 3 aliphatic carbocycles. The fraction of sp³-hybridized carbons (Fsp3) is 0.568. The highest BCUT2D eigenvalue weighted by atomic mass is 16.5. The Morgan fingerprint density at radius 1 is 0.981 bits per heavy atom. The summed E-state index contributed by atoms with van der Waals surface area (Å²) in [6.45, 7) is 7.14. The van der Waals surface area contributed by atoms with E-state index in [0.29, 0.717) is 48.1 Å². The van der Waals surface area contributed by atoms with Gasteiger partial charge in [0.1, 0.15) is 29.5 Å². The molecular weight excluding hydrogens is 666 g/mol. The van der Waals surface area contributed by atoms with Crippen molar-refractivity contribution >= 4 is 5.96 Å². The van der Waals surface area contributed by atoms with Crippen LogP contribution in [0, 0.1) is 23.7 Å². The van der Waals surface area contributed by atoms with Crippen molar-refractivity contribution in [2.45, 2.75) is 122 Å². The van der Waals surface area contributed by atoms with Gasteiger partial charge in [-0.25, -0.2) is 0 Å². The van der Waals surface area contributed by atoms with Gasteiger partial charge in [-0.1, -0.05) is 52.5 Å². The summed E-state index contributed by atoms with van der Waals surface area (Å²) in [5, 5.41) is 34.0. The highest BCUT2D eigenvalue weighted by Gasteiger charge is 2.44. The first-order valence-corrected chi connectivity index (χ1v) is 20.0. The Hall–Kier alpha value is -4.11. The van der Waals surface area contributed by atoms with Gasteiger partial charge in [0.05, 0.1) is 13.2 Å². The molecule has 7 atom stereocenters. The third-order valence-electron chi connectivity index (χ3n) is 12.5. The van der Waals surface area contributed by atoms with Crippen LogP contribution in [0.3, 0.4) is 0 Å². The van der Waals surface area contributed by atoms with E-state index in [-0.39, 0.29) is 23.7 Å². The van der Waals surface area contributed by atoms with E-state index in [1.54, 1.807) is 13.2 Å². The van der Waals surface area contributed by atoms with Crippen molar-refractivity contribution in [2.75, 3.05) is 13.7 Å². The van der Waals surface area contributed by atoms with Crippen LogP contribution in [0.5, 0.6) is 28.7 Å². The molecule has 7 rings (SSSR count). The molecule has 3 aromatic carbocycles. The SMILES string of the molecule is CCCCC[C@H]1Cc2cc(O)c(CC(C)C)cc2-c2c(OC)cc3c(c21)C[C@@H](O)[C@H](c1ccc(O)c(O[C@H]2[C@H]4CCC[C@@H]2[C@H](CN=C(N)N)CC4)c1)O3. The number of aliphatic hydroxyl groups excluding tert-OH is 1. The zero-order chi connectivity index (χ0) is 37.4. The Kier molecular flexibility index (Phi) is 11.0. The van der Waals surface area contributed by atoms with E-state index in [1.165, 1.54) is 5.56 Å². The fourth-order valence-corrected chi connectivity index (χ4v) is 9.99. The summed E-state index contributed by atoms with van der Waals surface area (Å²) in [4.78, 5) is 4.35. The average Bonchev–Trinajstić information content (AvgIpc) is 3.12. The zero-order valence-corrected chi connectivity index (χ0v) is 31.9. The predicted octanol–water partition coefficient (Wildman–Crippen LogP) is 8.08. The Labute approximate surface area is 314 Å². The van der Waals surface area contributed by atoms with Crippen molar-refractivity contribution < 1.29 is 29.5 Å². The van der Waals surface area contributed by atoms with Crippen LogP contribution >= 0.6 is 0 Å². The lowest BCUT2D eigenvalue weighted by atomic mass is 9.65. The number of unbranched alkanes of at least 4 members (excludes halogenated alkanes) is 2. The van der Waals surface area contributed by atoms with Crippen LogP contribution < -0.4 is 25.7 Å². The number of ether oxygens (including phenoxy) is 3. The molecule has 0 amide bonds. The summed E-state index contributed by atoms with van der Waals surface area (Å²) in [7, 11) is 1.71. The summed E-state index contributed by atoms with van der Waals surface area (Å²) in [6, 6.07) is 11.4. The maximum atomic E-state index is 11.9. The number of phenolic OH excluding ortho intramolecular Hbond substituents is 2. The van der Waals surface area contributed by atoms with E-state index < -0.39 is 12.2 Å². The minimum atomic E-state index is -0.815. The molecule has 0 saturated heterocycles. The second-order valence-electron chi connectivity index (χ2n) is 16.6. The van der Waals surface area contributed by atoms with Gasteiger partial charge in [-0.3, -0.25) is 4.99 Å². The summed E-state index contributed by atoms with van der Waals surface area (Å²) < 4.78 is 19.7. The minimum Gasteiger partial charge on any atom is -0.508 e. The monoisotopic (exact) mass is 725 g/mol. The normalized spacial score (nSPS) is 25.8. The number of phenols is 2. The Morgan fingerprint density at radius 2 is 1.81 bits per heavy atom. The number of hydrogen-bond acceptors (Lipinski definition) is 7. The molecule has 1 aliphatic heterocycles. The van der Waals surface area contributed by atoms with Crippen molar-refractivity contribution in [3.63, 3.8) is 0 Å². The molecule has 1 heterocycles. The lowest BCUT2D eigenvalue weighted by Gasteiger charge is -2.46. The quantitative estimate of drug-likeness (QED) is 0.0714. The van der Waals surface area contributed by atoms with Crippen molar-refractivity contribution in [1.29, 1.82) is 0 Å². The van der Waals surface area contributed by atoms with Gasteiger partial charge in [-0.05, 0) is 121 Å². The van der Waals surface area contributed by atoms with Crippen molar-refractivity contribution in [2.24, 2.45) is 40.1 Å². The number of aliphatic hydroxyl groups is 1. The molecule has 0 aromatic heterocycles. The standard InChI is InChI=1S/C44H59N3O6/c1-5-6-7-9-26-17-29-19-35(49)30(16-24(2)3)18-32(29)41-39(51-4)22-37-33(40(26)41)21-36(50)43(52-37)27-14-15-34(48)38(20-27)53-42-25-10-8-11-31(42)28(13-12-25)23-47-44(45)46/h14-15,18-20,22,24-26,28,31,36,42-43,48-50H,5-13,16-17,21,23H2,1-4H3,(H4,45,46,47)/t25-,26-,28-,31+,36+,42-,43-/m0/s1. The number of methoxy groups -OCH3 is 1. The van der Waals surface area contributed by atoms with Gasteiger partial charge in [-0.15, -0.1) is 0 Å². The summed E-state index contributed by atoms with van der Waals surface area (Å²) >= 11 is 0. The second kappa shape index (κ2) is 15.7. The summed E-state index contributed by atoms with van der Waals surface area (Å²) in [5.41, 5.74) is 18.6. The zero-order valence-electron chi connectivity index (χ0n) is 31.9. The van der Waals surface area contributed by atoms with Gasteiger partial charge >= 0.3 is 0 Å². The van der Waals surface area contributed by atoms with Gasteiger partial charge in [0.2, 0.25) is 0 Å². The largest absolute Gasteiger partial charge is 0.508 e. The van der Waals surface area contributed by atoms with E-state index in [9.17, 15) is 15.3 Å². The number of guanidine groups is 1. The lowest BCUT2D eigenvalue weighted by Crippen LogP contribution is -2.46. The molecular formula is C44H59N3O6. The first kappa shape index (κ1) is 37.2. The van der Waals surface area contributed by atoms with E-state index in [1.807, 2.05) is 24.3 Å². The molecule has 2 fully saturated rings. The van der Waals surface area contributed by atoms with E-state index in [4.69, 9.17) is 25.7 Å². The van der Waals surface area contributed by atoms with Gasteiger partial charge < -0.3 is 41.0 Å². The second-order valence-corrected chi connectivity index (χ2v) is 16.6. The highest BCUT2D eigenvalue weighted by Crippen LogP contribution is 2.54. The van der Waals surface area contributed by atoms with Gasteiger partial charge in [0.15, 0.2) is 17.5 Å². The highest BCUT2D eigenvalue weighted by molar-refractivity contribution is 5.83. The Bertz CT molecular complexity index is 1820. The van der Waals surface area contributed by atoms with Crippen molar-refractivity contribution in [3.8, 4) is 39.9 Å². The topological polar surface area (TPSA) is 153 Å². The number of hydrogen-bond donors (Lipinski definition) is 5. The van der Waals surface area contributed by atoms with Gasteiger partial charge in [0, 0.05) is 36.1 Å². The number of rotatable bonds is 12. The average molecular weight is 726 g/mol. The molecule has 4 aliphatic rings. The van der Waals surface area contributed by atoms with Crippen LogP contribution in [0.2, 0.25) is 0 Å². The predicted molar refractivity (Wildman–Crippen MR) is 209 cm³/mol. The maximum absolute atomic E-state index is 11.9. The molecule has 3 aromatic rings. The van der Waals surface area contributed by atoms with Crippen LogP contribution in [-0.4, -0.2) is 47.1 Å². The molecule has 2 bridgehead atoms. The molecule has 9 nitrogen and oxygen atoms in total. The fourth-order valence-electron chi connectivity index (χ4n) is 9.99. The van der Waals surface area contributed by atoms with Crippen LogP contribution in [0.1, 0.15) is 118 Å². The number of fused-ring (bicyclic) bond motifs is 7. The molecule has 0 spiro atoms. The van der Waals surface area contributed by atoms with Crippen LogP contribution in [-0.2, 0) is 19.3 Å². The molecule has 9 heteroatoms. The molecule has 0 unspecified atom stereocenters. The first-order chi connectivity index (χ1) is 25.6. The van der Waals surface area contributed by atoms with Crippen LogP contribution in [0.15, 0.2) is 41.4 Å². The lowest BCUT2D eigenvalue weighted by molar-refractivity contribution is -0.0266. The molecule has 0 radical (unpaired) electrons. The number of nitrogens with two attached hydrogens (primary N) is 2. The van der Waals surface area contributed by atoms with E-state index in [2.05, 4.69) is 31.8 Å². The Balaban J connectivity index is 1.22. The number of aliphatic imine (C=N–C) groups is 1. The van der Waals surface area contributed by atoms with Crippen molar-refractivity contribution in [1.82, 2.24) is 0 Å². The maximum Gasteiger partial charge on any atom is 0.185 e. The first-order valence-electron chi connectivity index (χ1n) is 20.0. The van der Waals surface area contributed by atoms with E-state index in [0.717, 1.165) is 116 Å². The van der Waals surface area contributed by atoms with E-state index >= 15 is 0 Å². The molecule has 53 heavy (non-hydrogen) atoms.